The fraction of sp³-hybridized carbons (Fsp3) is 0.333. The SMILES string of the molecule is O=c1oc2cccnc2n1CCCBr. The Kier molecular flexibility index (Phi) is 2.67. The van der Waals surface area contributed by atoms with Gasteiger partial charge in [0, 0.05) is 18.1 Å². The number of hydrogen-bond donors (Lipinski definition) is 0. The van der Waals surface area contributed by atoms with E-state index in [2.05, 4.69) is 20.9 Å². The van der Waals surface area contributed by atoms with E-state index >= 15 is 0 Å². The van der Waals surface area contributed by atoms with Crippen molar-refractivity contribution in [1.29, 1.82) is 0 Å². The van der Waals surface area contributed by atoms with Gasteiger partial charge >= 0.3 is 5.76 Å². The van der Waals surface area contributed by atoms with E-state index in [0.717, 1.165) is 11.8 Å². The molecule has 0 amide bonds. The summed E-state index contributed by atoms with van der Waals surface area (Å²) < 4.78 is 6.58. The molecule has 0 spiro atoms. The Balaban J connectivity index is 2.51. The number of aryl methyl sites for hydroxylation is 1. The third-order valence-corrected chi connectivity index (χ3v) is 2.50. The van der Waals surface area contributed by atoms with E-state index in [0.29, 0.717) is 17.8 Å². The monoisotopic (exact) mass is 256 g/mol. The predicted octanol–water partition coefficient (Wildman–Crippen LogP) is 1.77. The summed E-state index contributed by atoms with van der Waals surface area (Å²) in [6, 6.07) is 3.49. The van der Waals surface area contributed by atoms with Crippen LogP contribution in [0.4, 0.5) is 0 Å². The van der Waals surface area contributed by atoms with Crippen LogP contribution in [0.2, 0.25) is 0 Å². The Morgan fingerprint density at radius 3 is 3.21 bits per heavy atom. The second kappa shape index (κ2) is 3.96. The van der Waals surface area contributed by atoms with E-state index < -0.39 is 0 Å². The lowest BCUT2D eigenvalue weighted by Crippen LogP contribution is -2.14. The van der Waals surface area contributed by atoms with E-state index in [1.54, 1.807) is 22.9 Å². The third kappa shape index (κ3) is 1.59. The molecule has 0 aliphatic carbocycles. The van der Waals surface area contributed by atoms with Gasteiger partial charge < -0.3 is 4.42 Å². The zero-order valence-corrected chi connectivity index (χ0v) is 9.03. The van der Waals surface area contributed by atoms with E-state index in [4.69, 9.17) is 4.42 Å². The molecule has 0 unspecified atom stereocenters. The van der Waals surface area contributed by atoms with Gasteiger partial charge in [-0.05, 0) is 18.6 Å². The van der Waals surface area contributed by atoms with Gasteiger partial charge in [-0.25, -0.2) is 9.78 Å². The lowest BCUT2D eigenvalue weighted by molar-refractivity contribution is 0.503. The van der Waals surface area contributed by atoms with E-state index in [9.17, 15) is 4.79 Å². The van der Waals surface area contributed by atoms with E-state index in [-0.39, 0.29) is 5.76 Å². The fourth-order valence-corrected chi connectivity index (χ4v) is 1.57. The van der Waals surface area contributed by atoms with Crippen molar-refractivity contribution >= 4 is 27.2 Å². The molecule has 0 aromatic carbocycles. The summed E-state index contributed by atoms with van der Waals surface area (Å²) in [7, 11) is 0. The van der Waals surface area contributed by atoms with Gasteiger partial charge in [-0.15, -0.1) is 0 Å². The average Bonchev–Trinajstić information content (AvgIpc) is 2.51. The van der Waals surface area contributed by atoms with E-state index in [1.807, 2.05) is 0 Å². The van der Waals surface area contributed by atoms with Crippen molar-refractivity contribution in [3.05, 3.63) is 28.9 Å². The molecule has 0 N–H and O–H groups in total. The number of rotatable bonds is 3. The summed E-state index contributed by atoms with van der Waals surface area (Å²) in [5, 5.41) is 0.860. The van der Waals surface area contributed by atoms with Crippen LogP contribution in [0.15, 0.2) is 27.5 Å². The van der Waals surface area contributed by atoms with Crippen LogP contribution in [0, 0.1) is 0 Å². The first-order valence-corrected chi connectivity index (χ1v) is 5.45. The van der Waals surface area contributed by atoms with Crippen LogP contribution in [0.25, 0.3) is 11.2 Å². The molecule has 4 nitrogen and oxygen atoms in total. The van der Waals surface area contributed by atoms with Crippen LogP contribution in [0.1, 0.15) is 6.42 Å². The standard InChI is InChI=1S/C9H9BrN2O2/c10-4-2-6-12-8-7(14-9(12)13)3-1-5-11-8/h1,3,5H,2,4,6H2. The molecule has 5 heteroatoms. The van der Waals surface area contributed by atoms with Crippen LogP contribution in [-0.2, 0) is 6.54 Å². The van der Waals surface area contributed by atoms with Gasteiger partial charge in [0.1, 0.15) is 0 Å². The first kappa shape index (κ1) is 9.45. The van der Waals surface area contributed by atoms with Gasteiger partial charge in [-0.1, -0.05) is 15.9 Å². The summed E-state index contributed by atoms with van der Waals surface area (Å²) in [5.41, 5.74) is 1.17. The highest BCUT2D eigenvalue weighted by Crippen LogP contribution is 2.08. The lowest BCUT2D eigenvalue weighted by Gasteiger charge is -1.97. The molecule has 0 radical (unpaired) electrons. The normalized spacial score (nSPS) is 10.9. The lowest BCUT2D eigenvalue weighted by atomic mass is 10.4. The molecule has 0 bridgehead atoms. The van der Waals surface area contributed by atoms with Crippen molar-refractivity contribution in [1.82, 2.24) is 9.55 Å². The van der Waals surface area contributed by atoms with Gasteiger partial charge in [-0.2, -0.15) is 0 Å². The Morgan fingerprint density at radius 2 is 2.43 bits per heavy atom. The first-order chi connectivity index (χ1) is 6.83. The Labute approximate surface area is 88.7 Å². The number of halogens is 1. The number of oxazole rings is 1. The first-order valence-electron chi connectivity index (χ1n) is 4.33. The van der Waals surface area contributed by atoms with Gasteiger partial charge in [-0.3, -0.25) is 4.57 Å². The minimum absolute atomic E-state index is 0.334. The van der Waals surface area contributed by atoms with Crippen LogP contribution >= 0.6 is 15.9 Å². The second-order valence-electron chi connectivity index (χ2n) is 2.89. The summed E-state index contributed by atoms with van der Waals surface area (Å²) in [4.78, 5) is 15.5. The molecular weight excluding hydrogens is 248 g/mol. The molecule has 2 rings (SSSR count). The van der Waals surface area contributed by atoms with Crippen molar-refractivity contribution in [2.45, 2.75) is 13.0 Å². The maximum absolute atomic E-state index is 11.4. The summed E-state index contributed by atoms with van der Waals surface area (Å²) in [6.07, 6.45) is 2.53. The Bertz CT molecular complexity index is 489. The quantitative estimate of drug-likeness (QED) is 0.787. The minimum atomic E-state index is -0.334. The van der Waals surface area contributed by atoms with Crippen molar-refractivity contribution in [2.24, 2.45) is 0 Å². The molecule has 0 aliphatic rings. The van der Waals surface area contributed by atoms with Crippen molar-refractivity contribution in [3.8, 4) is 0 Å². The maximum Gasteiger partial charge on any atom is 0.421 e. The van der Waals surface area contributed by atoms with Gasteiger partial charge in [0.2, 0.25) is 0 Å². The van der Waals surface area contributed by atoms with E-state index in [1.165, 1.54) is 0 Å². The Hall–Kier alpha value is -1.10. The number of pyridine rings is 1. The fourth-order valence-electron chi connectivity index (χ4n) is 1.32. The van der Waals surface area contributed by atoms with Gasteiger partial charge in [0.05, 0.1) is 0 Å². The molecule has 2 aromatic heterocycles. The summed E-state index contributed by atoms with van der Waals surface area (Å²) in [6.45, 7) is 0.633. The molecule has 0 fully saturated rings. The summed E-state index contributed by atoms with van der Waals surface area (Å²) in [5.74, 6) is -0.334. The molecule has 0 saturated heterocycles. The van der Waals surface area contributed by atoms with Gasteiger partial charge in [0.15, 0.2) is 11.2 Å². The second-order valence-corrected chi connectivity index (χ2v) is 3.68. The highest BCUT2D eigenvalue weighted by atomic mass is 79.9. The topological polar surface area (TPSA) is 48.0 Å². The zero-order chi connectivity index (χ0) is 9.97. The molecule has 0 aliphatic heterocycles. The molecule has 14 heavy (non-hydrogen) atoms. The number of aromatic nitrogens is 2. The number of hydrogen-bond acceptors (Lipinski definition) is 3. The number of alkyl halides is 1. The maximum atomic E-state index is 11.4. The van der Waals surface area contributed by atoms with Crippen LogP contribution in [0.5, 0.6) is 0 Å². The van der Waals surface area contributed by atoms with Gasteiger partial charge in [0.25, 0.3) is 0 Å². The van der Waals surface area contributed by atoms with Crippen molar-refractivity contribution < 1.29 is 4.42 Å². The molecule has 2 heterocycles. The molecule has 0 atom stereocenters. The number of nitrogens with zero attached hydrogens (tertiary/aromatic N) is 2. The molecule has 2 aromatic rings. The van der Waals surface area contributed by atoms with Crippen LogP contribution in [-0.4, -0.2) is 14.9 Å². The Morgan fingerprint density at radius 1 is 1.57 bits per heavy atom. The molecule has 0 saturated carbocycles. The highest BCUT2D eigenvalue weighted by Gasteiger charge is 2.08. The highest BCUT2D eigenvalue weighted by molar-refractivity contribution is 9.09. The third-order valence-electron chi connectivity index (χ3n) is 1.94. The predicted molar refractivity (Wildman–Crippen MR) is 56.7 cm³/mol. The molecular formula is C9H9BrN2O2. The van der Waals surface area contributed by atoms with Crippen LogP contribution in [0.3, 0.4) is 0 Å². The smallest absolute Gasteiger partial charge is 0.406 e. The minimum Gasteiger partial charge on any atom is -0.406 e. The van der Waals surface area contributed by atoms with Crippen LogP contribution < -0.4 is 5.76 Å². The van der Waals surface area contributed by atoms with Crippen molar-refractivity contribution in [2.75, 3.05) is 5.33 Å². The van der Waals surface area contributed by atoms with Crippen molar-refractivity contribution in [3.63, 3.8) is 0 Å². The molecule has 74 valence electrons. The zero-order valence-electron chi connectivity index (χ0n) is 7.44. The average molecular weight is 257 g/mol. The summed E-state index contributed by atoms with van der Waals surface area (Å²) >= 11 is 3.32. The largest absolute Gasteiger partial charge is 0.421 e. The number of fused-ring (bicyclic) bond motifs is 1.